The molecule has 3 aromatic heterocycles. The summed E-state index contributed by atoms with van der Waals surface area (Å²) in [5, 5.41) is 5.90. The van der Waals surface area contributed by atoms with E-state index in [-0.39, 0.29) is 28.6 Å². The first kappa shape index (κ1) is 16.3. The Hall–Kier alpha value is -2.55. The van der Waals surface area contributed by atoms with E-state index in [0.29, 0.717) is 10.3 Å². The summed E-state index contributed by atoms with van der Waals surface area (Å²) in [5.41, 5.74) is -1.52. The highest BCUT2D eigenvalue weighted by Gasteiger charge is 2.36. The van der Waals surface area contributed by atoms with Gasteiger partial charge in [0, 0.05) is 5.69 Å². The van der Waals surface area contributed by atoms with Crippen molar-refractivity contribution in [2.24, 2.45) is 0 Å². The molecule has 0 atom stereocenters. The maximum absolute atomic E-state index is 13.1. The Morgan fingerprint density at radius 3 is 2.83 bits per heavy atom. The Morgan fingerprint density at radius 2 is 2.21 bits per heavy atom. The second-order valence-corrected chi connectivity index (χ2v) is 5.32. The molecule has 0 saturated heterocycles. The fraction of sp³-hybridized carbons (Fsp3) is 0.214. The lowest BCUT2D eigenvalue weighted by molar-refractivity contribution is -0.142. The number of nitrogens with one attached hydrogen (secondary N) is 1. The van der Waals surface area contributed by atoms with E-state index in [2.05, 4.69) is 15.4 Å². The van der Waals surface area contributed by atoms with Crippen molar-refractivity contribution < 1.29 is 22.4 Å². The molecule has 1 amide bonds. The third-order valence-corrected chi connectivity index (χ3v) is 3.52. The van der Waals surface area contributed by atoms with Gasteiger partial charge in [0.1, 0.15) is 16.5 Å². The number of halogens is 4. The van der Waals surface area contributed by atoms with Crippen LogP contribution in [0.25, 0.3) is 5.65 Å². The second-order valence-electron chi connectivity index (χ2n) is 4.94. The molecular formula is C14H10ClF3N4O2. The van der Waals surface area contributed by atoms with E-state index in [4.69, 9.17) is 16.0 Å². The van der Waals surface area contributed by atoms with Gasteiger partial charge in [0.05, 0.1) is 12.8 Å². The number of carbonyl (C=O) groups excluding carboxylic acids is 1. The summed E-state index contributed by atoms with van der Waals surface area (Å²) in [7, 11) is 0. The molecule has 0 aromatic carbocycles. The van der Waals surface area contributed by atoms with Gasteiger partial charge >= 0.3 is 6.18 Å². The van der Waals surface area contributed by atoms with E-state index in [9.17, 15) is 18.0 Å². The lowest BCUT2D eigenvalue weighted by Crippen LogP contribution is -2.23. The number of carbonyl (C=O) groups is 1. The van der Waals surface area contributed by atoms with E-state index in [1.807, 2.05) is 0 Å². The van der Waals surface area contributed by atoms with Crippen LogP contribution >= 0.6 is 11.6 Å². The molecule has 0 aliphatic rings. The average molecular weight is 359 g/mol. The fourth-order valence-electron chi connectivity index (χ4n) is 2.12. The number of fused-ring (bicyclic) bond motifs is 1. The maximum atomic E-state index is 13.1. The van der Waals surface area contributed by atoms with Crippen LogP contribution in [0.3, 0.4) is 0 Å². The summed E-state index contributed by atoms with van der Waals surface area (Å²) in [5.74, 6) is -0.249. The van der Waals surface area contributed by atoms with Crippen molar-refractivity contribution in [2.75, 3.05) is 0 Å². The minimum atomic E-state index is -4.66. The number of hydrogen-bond donors (Lipinski definition) is 1. The molecule has 10 heteroatoms. The van der Waals surface area contributed by atoms with Gasteiger partial charge in [0.15, 0.2) is 11.3 Å². The molecule has 3 aromatic rings. The lowest BCUT2D eigenvalue weighted by atomic mass is 10.3. The Morgan fingerprint density at radius 1 is 1.46 bits per heavy atom. The van der Waals surface area contributed by atoms with Gasteiger partial charge in [-0.25, -0.2) is 9.50 Å². The van der Waals surface area contributed by atoms with Crippen molar-refractivity contribution in [3.63, 3.8) is 0 Å². The highest BCUT2D eigenvalue weighted by molar-refractivity contribution is 6.36. The van der Waals surface area contributed by atoms with Crippen molar-refractivity contribution in [3.8, 4) is 0 Å². The predicted octanol–water partition coefficient (Wildman–Crippen LogP) is 3.23. The first-order chi connectivity index (χ1) is 11.3. The quantitative estimate of drug-likeness (QED) is 0.780. The SMILES string of the molecule is Cc1cc(C(F)(F)F)n2nc(C(=O)NCc3ccco3)c(Cl)c2n1. The average Bonchev–Trinajstić information content (AvgIpc) is 3.12. The first-order valence-corrected chi connectivity index (χ1v) is 7.09. The molecule has 0 fully saturated rings. The third kappa shape index (κ3) is 2.94. The van der Waals surface area contributed by atoms with Crippen LogP contribution < -0.4 is 5.32 Å². The number of furan rings is 1. The second kappa shape index (κ2) is 5.82. The molecular weight excluding hydrogens is 349 g/mol. The molecule has 0 aliphatic carbocycles. The highest BCUT2D eigenvalue weighted by atomic mass is 35.5. The van der Waals surface area contributed by atoms with Gasteiger partial charge in [-0.2, -0.15) is 18.3 Å². The van der Waals surface area contributed by atoms with Gasteiger partial charge in [-0.1, -0.05) is 11.6 Å². The molecule has 0 radical (unpaired) electrons. The molecule has 3 rings (SSSR count). The van der Waals surface area contributed by atoms with Crippen LogP contribution in [-0.2, 0) is 12.7 Å². The fourth-order valence-corrected chi connectivity index (χ4v) is 2.37. The van der Waals surface area contributed by atoms with E-state index in [1.165, 1.54) is 13.2 Å². The number of hydrogen-bond acceptors (Lipinski definition) is 4. The number of rotatable bonds is 3. The van der Waals surface area contributed by atoms with Gasteiger partial charge < -0.3 is 9.73 Å². The summed E-state index contributed by atoms with van der Waals surface area (Å²) in [6.07, 6.45) is -3.23. The first-order valence-electron chi connectivity index (χ1n) is 6.71. The van der Waals surface area contributed by atoms with E-state index in [0.717, 1.165) is 6.07 Å². The standard InChI is InChI=1S/C14H10ClF3N4O2/c1-7-5-9(14(16,17)18)22-12(20-7)10(15)11(21-22)13(23)19-6-8-3-2-4-24-8/h2-5H,6H2,1H3,(H,19,23). The molecule has 1 N–H and O–H groups in total. The summed E-state index contributed by atoms with van der Waals surface area (Å²) < 4.78 is 45.0. The van der Waals surface area contributed by atoms with Gasteiger partial charge in [-0.15, -0.1) is 0 Å². The molecule has 0 saturated carbocycles. The lowest BCUT2D eigenvalue weighted by Gasteiger charge is -2.09. The molecule has 0 unspecified atom stereocenters. The van der Waals surface area contributed by atoms with Crippen LogP contribution in [0.1, 0.15) is 27.6 Å². The maximum Gasteiger partial charge on any atom is 0.433 e. The van der Waals surface area contributed by atoms with Gasteiger partial charge in [-0.3, -0.25) is 4.79 Å². The smallest absolute Gasteiger partial charge is 0.433 e. The molecule has 24 heavy (non-hydrogen) atoms. The van der Waals surface area contributed by atoms with Crippen LogP contribution in [0.5, 0.6) is 0 Å². The summed E-state index contributed by atoms with van der Waals surface area (Å²) in [4.78, 5) is 16.1. The number of aryl methyl sites for hydroxylation is 1. The van der Waals surface area contributed by atoms with Crippen LogP contribution in [-0.4, -0.2) is 20.5 Å². The van der Waals surface area contributed by atoms with Crippen molar-refractivity contribution in [2.45, 2.75) is 19.6 Å². The van der Waals surface area contributed by atoms with Crippen LogP contribution in [0.4, 0.5) is 13.2 Å². The van der Waals surface area contributed by atoms with Gasteiger partial charge in [0.2, 0.25) is 0 Å². The third-order valence-electron chi connectivity index (χ3n) is 3.17. The Bertz CT molecular complexity index is 903. The van der Waals surface area contributed by atoms with Crippen LogP contribution in [0.15, 0.2) is 28.9 Å². The zero-order valence-electron chi connectivity index (χ0n) is 12.2. The zero-order chi connectivity index (χ0) is 17.5. The summed E-state index contributed by atoms with van der Waals surface area (Å²) >= 11 is 6.01. The van der Waals surface area contributed by atoms with Crippen molar-refractivity contribution >= 4 is 23.2 Å². The number of aromatic nitrogens is 3. The number of nitrogens with zero attached hydrogens (tertiary/aromatic N) is 3. The minimum Gasteiger partial charge on any atom is -0.467 e. The predicted molar refractivity (Wildman–Crippen MR) is 77.6 cm³/mol. The molecule has 0 bridgehead atoms. The molecule has 126 valence electrons. The Labute approximate surface area is 138 Å². The summed E-state index contributed by atoms with van der Waals surface area (Å²) in [6, 6.07) is 4.11. The van der Waals surface area contributed by atoms with Crippen LogP contribution in [0, 0.1) is 6.92 Å². The molecule has 6 nitrogen and oxygen atoms in total. The van der Waals surface area contributed by atoms with Crippen LogP contribution in [0.2, 0.25) is 5.02 Å². The highest BCUT2D eigenvalue weighted by Crippen LogP contribution is 2.32. The normalized spacial score (nSPS) is 11.9. The van der Waals surface area contributed by atoms with Gasteiger partial charge in [0.25, 0.3) is 5.91 Å². The van der Waals surface area contributed by atoms with Gasteiger partial charge in [-0.05, 0) is 25.1 Å². The molecule has 0 aliphatic heterocycles. The number of amides is 1. The number of alkyl halides is 3. The van der Waals surface area contributed by atoms with E-state index < -0.39 is 17.8 Å². The Balaban J connectivity index is 2.00. The van der Waals surface area contributed by atoms with Crippen molar-refractivity contribution in [1.82, 2.24) is 19.9 Å². The molecule has 0 spiro atoms. The monoisotopic (exact) mass is 358 g/mol. The summed E-state index contributed by atoms with van der Waals surface area (Å²) in [6.45, 7) is 1.45. The topological polar surface area (TPSA) is 72.4 Å². The molecule has 3 heterocycles. The largest absolute Gasteiger partial charge is 0.467 e. The van der Waals surface area contributed by atoms with E-state index >= 15 is 0 Å². The van der Waals surface area contributed by atoms with Crippen molar-refractivity contribution in [1.29, 1.82) is 0 Å². The van der Waals surface area contributed by atoms with E-state index in [1.54, 1.807) is 12.1 Å². The minimum absolute atomic E-state index is 0.0502. The Kier molecular flexibility index (Phi) is 3.96. The van der Waals surface area contributed by atoms with Crippen molar-refractivity contribution in [3.05, 3.63) is 52.3 Å². The zero-order valence-corrected chi connectivity index (χ0v) is 12.9.